The molecule has 0 spiro atoms. The number of guanidine groups is 1. The van der Waals surface area contributed by atoms with Gasteiger partial charge in [0.1, 0.15) is 5.75 Å². The summed E-state index contributed by atoms with van der Waals surface area (Å²) in [5, 5.41) is 13.6. The van der Waals surface area contributed by atoms with Gasteiger partial charge in [-0.1, -0.05) is 24.3 Å². The van der Waals surface area contributed by atoms with Crippen LogP contribution in [0, 0.1) is 0 Å². The minimum atomic E-state index is 0. The quantitative estimate of drug-likeness (QED) is 0.369. The van der Waals surface area contributed by atoms with Gasteiger partial charge < -0.3 is 25.1 Å². The monoisotopic (exact) mass is 521 g/mol. The second-order valence-corrected chi connectivity index (χ2v) is 7.85. The maximum absolute atomic E-state index is 10.1. The second-order valence-electron chi connectivity index (χ2n) is 7.85. The molecule has 2 aromatic carbocycles. The average molecular weight is 521 g/mol. The molecule has 162 valence electrons. The first kappa shape index (κ1) is 22.5. The number of rotatable bonds is 3. The molecular weight excluding hydrogens is 489 g/mol. The number of nitrogens with zero attached hydrogens (tertiary/aromatic N) is 4. The fourth-order valence-electron chi connectivity index (χ4n) is 4.35. The highest BCUT2D eigenvalue weighted by atomic mass is 127. The van der Waals surface area contributed by atoms with Crippen LogP contribution in [-0.2, 0) is 13.0 Å². The highest BCUT2D eigenvalue weighted by Crippen LogP contribution is 2.28. The van der Waals surface area contributed by atoms with Gasteiger partial charge in [-0.3, -0.25) is 4.99 Å². The molecule has 2 aromatic rings. The van der Waals surface area contributed by atoms with E-state index in [9.17, 15) is 5.11 Å². The number of anilines is 2. The summed E-state index contributed by atoms with van der Waals surface area (Å²) in [6.07, 6.45) is 2.39. The van der Waals surface area contributed by atoms with E-state index in [1.54, 1.807) is 6.07 Å². The molecule has 0 aromatic heterocycles. The third kappa shape index (κ3) is 4.94. The molecule has 0 bridgehead atoms. The van der Waals surface area contributed by atoms with Gasteiger partial charge in [-0.05, 0) is 42.2 Å². The SMILES string of the molecule is CN=C(NCc1ccc2c(c1)CCCN2C)N1CCN(c2ccccc2O)CC1.I. The van der Waals surface area contributed by atoms with E-state index in [2.05, 4.69) is 50.3 Å². The summed E-state index contributed by atoms with van der Waals surface area (Å²) in [5.41, 5.74) is 5.02. The van der Waals surface area contributed by atoms with Gasteiger partial charge in [-0.25, -0.2) is 0 Å². The van der Waals surface area contributed by atoms with Gasteiger partial charge in [0.15, 0.2) is 5.96 Å². The van der Waals surface area contributed by atoms with Crippen LogP contribution in [0.4, 0.5) is 11.4 Å². The fourth-order valence-corrected chi connectivity index (χ4v) is 4.35. The van der Waals surface area contributed by atoms with Crippen LogP contribution in [0.2, 0.25) is 0 Å². The third-order valence-electron chi connectivity index (χ3n) is 5.96. The van der Waals surface area contributed by atoms with Gasteiger partial charge in [0.25, 0.3) is 0 Å². The number of aromatic hydroxyl groups is 1. The van der Waals surface area contributed by atoms with Crippen molar-refractivity contribution in [3.05, 3.63) is 53.6 Å². The van der Waals surface area contributed by atoms with Gasteiger partial charge >= 0.3 is 0 Å². The number of aliphatic imine (C=N–C) groups is 1. The summed E-state index contributed by atoms with van der Waals surface area (Å²) < 4.78 is 0. The molecule has 30 heavy (non-hydrogen) atoms. The molecule has 0 saturated carbocycles. The first-order valence-corrected chi connectivity index (χ1v) is 10.5. The van der Waals surface area contributed by atoms with Crippen molar-refractivity contribution >= 4 is 41.3 Å². The van der Waals surface area contributed by atoms with Crippen molar-refractivity contribution in [1.29, 1.82) is 0 Å². The number of phenolic OH excluding ortho intramolecular Hbond substituents is 1. The van der Waals surface area contributed by atoms with E-state index in [4.69, 9.17) is 0 Å². The average Bonchev–Trinajstić information content (AvgIpc) is 2.75. The molecule has 0 amide bonds. The highest BCUT2D eigenvalue weighted by molar-refractivity contribution is 14.0. The number of para-hydroxylation sites is 2. The highest BCUT2D eigenvalue weighted by Gasteiger charge is 2.21. The zero-order chi connectivity index (χ0) is 20.2. The number of piperazine rings is 1. The summed E-state index contributed by atoms with van der Waals surface area (Å²) in [4.78, 5) is 11.4. The number of hydrogen-bond donors (Lipinski definition) is 2. The van der Waals surface area contributed by atoms with Crippen LogP contribution in [0.25, 0.3) is 0 Å². The van der Waals surface area contributed by atoms with E-state index in [1.807, 2.05) is 25.2 Å². The summed E-state index contributed by atoms with van der Waals surface area (Å²) in [5.74, 6) is 1.29. The molecule has 0 aliphatic carbocycles. The number of aryl methyl sites for hydroxylation is 1. The van der Waals surface area contributed by atoms with Crippen molar-refractivity contribution < 1.29 is 5.11 Å². The van der Waals surface area contributed by atoms with Gasteiger partial charge in [0.05, 0.1) is 5.69 Å². The largest absolute Gasteiger partial charge is 0.506 e. The number of phenols is 1. The molecule has 0 radical (unpaired) electrons. The van der Waals surface area contributed by atoms with Crippen LogP contribution in [0.1, 0.15) is 17.5 Å². The Morgan fingerprint density at radius 2 is 1.80 bits per heavy atom. The van der Waals surface area contributed by atoms with Gasteiger partial charge in [-0.15, -0.1) is 24.0 Å². The predicted octanol–water partition coefficient (Wildman–Crippen LogP) is 3.29. The Bertz CT molecular complexity index is 880. The van der Waals surface area contributed by atoms with Gasteiger partial charge in [0.2, 0.25) is 0 Å². The standard InChI is InChI=1S/C23H31N5O.HI/c1-24-23(25-17-18-9-10-20-19(16-18)6-5-11-26(20)2)28-14-12-27(13-15-28)21-7-3-4-8-22(21)29;/h3-4,7-10,16,29H,5-6,11-15,17H2,1-2H3,(H,24,25);1H. The van der Waals surface area contributed by atoms with Gasteiger partial charge in [0, 0.05) is 59.1 Å². The van der Waals surface area contributed by atoms with E-state index in [0.29, 0.717) is 5.75 Å². The molecule has 0 atom stereocenters. The Balaban J connectivity index is 0.00000256. The lowest BCUT2D eigenvalue weighted by Crippen LogP contribution is -2.52. The van der Waals surface area contributed by atoms with E-state index >= 15 is 0 Å². The molecular formula is C23H32IN5O. The molecule has 2 aliphatic heterocycles. The topological polar surface area (TPSA) is 54.3 Å². The second kappa shape index (κ2) is 10.2. The van der Waals surface area contributed by atoms with Crippen LogP contribution in [0.3, 0.4) is 0 Å². The zero-order valence-corrected chi connectivity index (χ0v) is 20.2. The van der Waals surface area contributed by atoms with Crippen molar-refractivity contribution in [1.82, 2.24) is 10.2 Å². The summed E-state index contributed by atoms with van der Waals surface area (Å²) in [7, 11) is 4.02. The smallest absolute Gasteiger partial charge is 0.194 e. The number of nitrogens with one attached hydrogen (secondary N) is 1. The molecule has 2 aliphatic rings. The first-order valence-electron chi connectivity index (χ1n) is 10.5. The van der Waals surface area contributed by atoms with E-state index < -0.39 is 0 Å². The predicted molar refractivity (Wildman–Crippen MR) is 136 cm³/mol. The van der Waals surface area contributed by atoms with Crippen LogP contribution >= 0.6 is 24.0 Å². The summed E-state index contributed by atoms with van der Waals surface area (Å²) in [6, 6.07) is 14.4. The van der Waals surface area contributed by atoms with E-state index in [-0.39, 0.29) is 24.0 Å². The number of halogens is 1. The Morgan fingerprint density at radius 1 is 1.03 bits per heavy atom. The molecule has 7 heteroatoms. The van der Waals surface area contributed by atoms with E-state index in [1.165, 1.54) is 23.2 Å². The van der Waals surface area contributed by atoms with Crippen LogP contribution in [-0.4, -0.2) is 62.8 Å². The normalized spacial score (nSPS) is 16.7. The minimum absolute atomic E-state index is 0. The lowest BCUT2D eigenvalue weighted by Gasteiger charge is -2.37. The maximum Gasteiger partial charge on any atom is 0.194 e. The van der Waals surface area contributed by atoms with Crippen molar-refractivity contribution in [3.8, 4) is 5.75 Å². The van der Waals surface area contributed by atoms with Gasteiger partial charge in [-0.2, -0.15) is 0 Å². The molecule has 6 nitrogen and oxygen atoms in total. The minimum Gasteiger partial charge on any atom is -0.506 e. The molecule has 4 rings (SSSR count). The van der Waals surface area contributed by atoms with Crippen molar-refractivity contribution in [2.45, 2.75) is 19.4 Å². The number of hydrogen-bond acceptors (Lipinski definition) is 4. The summed E-state index contributed by atoms with van der Waals surface area (Å²) >= 11 is 0. The third-order valence-corrected chi connectivity index (χ3v) is 5.96. The van der Waals surface area contributed by atoms with E-state index in [0.717, 1.165) is 57.3 Å². The lowest BCUT2D eigenvalue weighted by atomic mass is 9.99. The van der Waals surface area contributed by atoms with Crippen molar-refractivity contribution in [2.75, 3.05) is 56.6 Å². The molecule has 2 N–H and O–H groups in total. The van der Waals surface area contributed by atoms with Crippen molar-refractivity contribution in [3.63, 3.8) is 0 Å². The molecule has 2 heterocycles. The Kier molecular flexibility index (Phi) is 7.69. The number of benzene rings is 2. The number of fused-ring (bicyclic) bond motifs is 1. The molecule has 1 saturated heterocycles. The van der Waals surface area contributed by atoms with Crippen LogP contribution in [0.15, 0.2) is 47.5 Å². The van der Waals surface area contributed by atoms with Crippen LogP contribution < -0.4 is 15.1 Å². The molecule has 1 fully saturated rings. The van der Waals surface area contributed by atoms with Crippen molar-refractivity contribution in [2.24, 2.45) is 4.99 Å². The zero-order valence-electron chi connectivity index (χ0n) is 17.8. The molecule has 0 unspecified atom stereocenters. The fraction of sp³-hybridized carbons (Fsp3) is 0.435. The first-order chi connectivity index (χ1) is 14.2. The Hall–Kier alpha value is -2.16. The Morgan fingerprint density at radius 3 is 2.53 bits per heavy atom. The Labute approximate surface area is 196 Å². The maximum atomic E-state index is 10.1. The summed E-state index contributed by atoms with van der Waals surface area (Å²) in [6.45, 7) is 5.41. The lowest BCUT2D eigenvalue weighted by molar-refractivity contribution is 0.369. The van der Waals surface area contributed by atoms with Crippen LogP contribution in [0.5, 0.6) is 5.75 Å².